The molecule has 0 saturated heterocycles. The van der Waals surface area contributed by atoms with Crippen molar-refractivity contribution in [3.8, 4) is 11.5 Å². The molecule has 98 valence electrons. The number of hydrogen-bond acceptors (Lipinski definition) is 4. The predicted molar refractivity (Wildman–Crippen MR) is 68.9 cm³/mol. The zero-order valence-corrected chi connectivity index (χ0v) is 10.9. The third-order valence-electron chi connectivity index (χ3n) is 2.33. The van der Waals surface area contributed by atoms with Gasteiger partial charge in [0.25, 0.3) is 0 Å². The zero-order valence-electron chi connectivity index (χ0n) is 10.9. The summed E-state index contributed by atoms with van der Waals surface area (Å²) in [6, 6.07) is 3.45. The number of esters is 1. The molecule has 0 atom stereocenters. The van der Waals surface area contributed by atoms with Gasteiger partial charge in [-0.3, -0.25) is 0 Å². The predicted octanol–water partition coefficient (Wildman–Crippen LogP) is 2.16. The number of benzene rings is 1. The molecule has 0 aliphatic heterocycles. The van der Waals surface area contributed by atoms with Crippen LogP contribution in [0.1, 0.15) is 18.1 Å². The van der Waals surface area contributed by atoms with Gasteiger partial charge in [-0.25, -0.2) is 4.79 Å². The minimum absolute atomic E-state index is 0.0364. The summed E-state index contributed by atoms with van der Waals surface area (Å²) in [5.41, 5.74) is 2.06. The first-order chi connectivity index (χ1) is 8.45. The van der Waals surface area contributed by atoms with Gasteiger partial charge in [0.05, 0.1) is 6.61 Å². The molecule has 0 spiro atoms. The van der Waals surface area contributed by atoms with Crippen LogP contribution in [0.5, 0.6) is 11.5 Å². The third-order valence-corrected chi connectivity index (χ3v) is 2.33. The third kappa shape index (κ3) is 3.60. The van der Waals surface area contributed by atoms with Gasteiger partial charge >= 0.3 is 5.97 Å². The maximum absolute atomic E-state index is 11.4. The number of rotatable bonds is 5. The van der Waals surface area contributed by atoms with Crippen LogP contribution >= 0.6 is 0 Å². The van der Waals surface area contributed by atoms with Crippen molar-refractivity contribution in [3.05, 3.63) is 35.4 Å². The summed E-state index contributed by atoms with van der Waals surface area (Å²) in [6.45, 7) is 9.05. The second kappa shape index (κ2) is 6.21. The molecule has 4 nitrogen and oxygen atoms in total. The van der Waals surface area contributed by atoms with Crippen LogP contribution in [0.4, 0.5) is 0 Å². The molecule has 0 aliphatic rings. The van der Waals surface area contributed by atoms with E-state index < -0.39 is 5.97 Å². The molecule has 1 aromatic rings. The van der Waals surface area contributed by atoms with Crippen molar-refractivity contribution in [2.75, 3.05) is 13.2 Å². The lowest BCUT2D eigenvalue weighted by Crippen LogP contribution is -2.09. The highest BCUT2D eigenvalue weighted by Gasteiger charge is 2.10. The van der Waals surface area contributed by atoms with E-state index in [1.54, 1.807) is 19.1 Å². The Morgan fingerprint density at radius 1 is 1.33 bits per heavy atom. The number of aliphatic hydroxyl groups excluding tert-OH is 1. The van der Waals surface area contributed by atoms with E-state index in [4.69, 9.17) is 14.6 Å². The Kier molecular flexibility index (Phi) is 4.92. The van der Waals surface area contributed by atoms with Crippen LogP contribution in [-0.2, 0) is 4.79 Å². The topological polar surface area (TPSA) is 55.8 Å². The van der Waals surface area contributed by atoms with Crippen LogP contribution in [-0.4, -0.2) is 24.3 Å². The quantitative estimate of drug-likeness (QED) is 0.494. The molecule has 0 saturated carbocycles. The Balaban J connectivity index is 2.92. The lowest BCUT2D eigenvalue weighted by atomic mass is 10.1. The van der Waals surface area contributed by atoms with Gasteiger partial charge < -0.3 is 14.6 Å². The fraction of sp³-hybridized carbons (Fsp3) is 0.357. The van der Waals surface area contributed by atoms with Gasteiger partial charge in [0.2, 0.25) is 0 Å². The normalized spacial score (nSPS) is 10.0. The summed E-state index contributed by atoms with van der Waals surface area (Å²) in [5.74, 6) is 0.728. The highest BCUT2D eigenvalue weighted by atomic mass is 16.5. The molecule has 0 unspecified atom stereocenters. The van der Waals surface area contributed by atoms with E-state index in [1.807, 2.05) is 13.8 Å². The Morgan fingerprint density at radius 3 is 2.33 bits per heavy atom. The second-order valence-electron chi connectivity index (χ2n) is 4.13. The standard InChI is InChI=1S/C14H18O4/c1-9(2)14(16)18-12-7-10(3)13(11(4)8-12)17-6-5-15/h7-8,15H,1,5-6H2,2-4H3. The van der Waals surface area contributed by atoms with Crippen LogP contribution < -0.4 is 9.47 Å². The zero-order chi connectivity index (χ0) is 13.7. The van der Waals surface area contributed by atoms with Crippen LogP contribution in [0.25, 0.3) is 0 Å². The van der Waals surface area contributed by atoms with E-state index in [-0.39, 0.29) is 13.2 Å². The fourth-order valence-corrected chi connectivity index (χ4v) is 1.54. The summed E-state index contributed by atoms with van der Waals surface area (Å²) in [7, 11) is 0. The molecule has 0 bridgehead atoms. The summed E-state index contributed by atoms with van der Waals surface area (Å²) in [4.78, 5) is 11.4. The molecule has 1 N–H and O–H groups in total. The van der Waals surface area contributed by atoms with E-state index in [9.17, 15) is 4.79 Å². The monoisotopic (exact) mass is 250 g/mol. The summed E-state index contributed by atoms with van der Waals surface area (Å²) < 4.78 is 10.6. The lowest BCUT2D eigenvalue weighted by Gasteiger charge is -2.13. The summed E-state index contributed by atoms with van der Waals surface area (Å²) in [5, 5.41) is 8.74. The maximum atomic E-state index is 11.4. The van der Waals surface area contributed by atoms with Crippen molar-refractivity contribution in [2.24, 2.45) is 0 Å². The van der Waals surface area contributed by atoms with Crippen LogP contribution in [0.3, 0.4) is 0 Å². The Morgan fingerprint density at radius 2 is 1.89 bits per heavy atom. The van der Waals surface area contributed by atoms with Crippen molar-refractivity contribution in [2.45, 2.75) is 20.8 Å². The smallest absolute Gasteiger partial charge is 0.338 e. The first-order valence-corrected chi connectivity index (χ1v) is 5.68. The average molecular weight is 250 g/mol. The minimum atomic E-state index is -0.446. The van der Waals surface area contributed by atoms with Crippen LogP contribution in [0.2, 0.25) is 0 Å². The maximum Gasteiger partial charge on any atom is 0.338 e. The number of carbonyl (C=O) groups is 1. The molecular formula is C14H18O4. The summed E-state index contributed by atoms with van der Waals surface area (Å²) >= 11 is 0. The molecule has 0 amide bonds. The number of aliphatic hydroxyl groups is 1. The van der Waals surface area contributed by atoms with Gasteiger partial charge in [-0.1, -0.05) is 6.58 Å². The van der Waals surface area contributed by atoms with E-state index in [0.717, 1.165) is 11.1 Å². The number of hydrogen-bond donors (Lipinski definition) is 1. The molecule has 0 aromatic heterocycles. The largest absolute Gasteiger partial charge is 0.491 e. The highest BCUT2D eigenvalue weighted by molar-refractivity contribution is 5.88. The van der Waals surface area contributed by atoms with Gasteiger partial charge in [0, 0.05) is 5.57 Å². The van der Waals surface area contributed by atoms with Crippen molar-refractivity contribution in [1.82, 2.24) is 0 Å². The van der Waals surface area contributed by atoms with Crippen LogP contribution in [0, 0.1) is 13.8 Å². The van der Waals surface area contributed by atoms with Crippen molar-refractivity contribution < 1.29 is 19.4 Å². The summed E-state index contributed by atoms with van der Waals surface area (Å²) in [6.07, 6.45) is 0. The number of ether oxygens (including phenoxy) is 2. The first-order valence-electron chi connectivity index (χ1n) is 5.68. The van der Waals surface area contributed by atoms with Crippen molar-refractivity contribution in [1.29, 1.82) is 0 Å². The molecular weight excluding hydrogens is 232 g/mol. The molecule has 0 fully saturated rings. The van der Waals surface area contributed by atoms with E-state index in [2.05, 4.69) is 6.58 Å². The first kappa shape index (κ1) is 14.3. The minimum Gasteiger partial charge on any atom is -0.491 e. The highest BCUT2D eigenvalue weighted by Crippen LogP contribution is 2.28. The Labute approximate surface area is 107 Å². The van der Waals surface area contributed by atoms with Crippen molar-refractivity contribution >= 4 is 5.97 Å². The fourth-order valence-electron chi connectivity index (χ4n) is 1.54. The van der Waals surface area contributed by atoms with Crippen molar-refractivity contribution in [3.63, 3.8) is 0 Å². The molecule has 4 heteroatoms. The molecule has 1 aromatic carbocycles. The molecule has 18 heavy (non-hydrogen) atoms. The Bertz CT molecular complexity index is 440. The Hall–Kier alpha value is -1.81. The molecule has 0 heterocycles. The second-order valence-corrected chi connectivity index (χ2v) is 4.13. The molecule has 0 aliphatic carbocycles. The van der Waals surface area contributed by atoms with Gasteiger partial charge in [0.1, 0.15) is 18.1 Å². The molecule has 1 rings (SSSR count). The SMILES string of the molecule is C=C(C)C(=O)Oc1cc(C)c(OCCO)c(C)c1. The number of aryl methyl sites for hydroxylation is 2. The van der Waals surface area contributed by atoms with E-state index in [1.165, 1.54) is 0 Å². The average Bonchev–Trinajstić information content (AvgIpc) is 2.27. The van der Waals surface area contributed by atoms with Gasteiger partial charge in [-0.15, -0.1) is 0 Å². The van der Waals surface area contributed by atoms with E-state index in [0.29, 0.717) is 17.1 Å². The van der Waals surface area contributed by atoms with Gasteiger partial charge in [0.15, 0.2) is 0 Å². The van der Waals surface area contributed by atoms with E-state index >= 15 is 0 Å². The lowest BCUT2D eigenvalue weighted by molar-refractivity contribution is -0.130. The molecule has 0 radical (unpaired) electrons. The number of carbonyl (C=O) groups excluding carboxylic acids is 1. The van der Waals surface area contributed by atoms with Gasteiger partial charge in [-0.05, 0) is 44.0 Å². The van der Waals surface area contributed by atoms with Crippen LogP contribution in [0.15, 0.2) is 24.3 Å². The van der Waals surface area contributed by atoms with Gasteiger partial charge in [-0.2, -0.15) is 0 Å².